The monoisotopic (exact) mass is 845 g/mol. The maximum Gasteiger partial charge on any atom is 0.306 e. The molecule has 1 unspecified atom stereocenters. The minimum Gasteiger partial charge on any atom is -0.462 e. The number of hydrogen-bond acceptors (Lipinski definition) is 6. The zero-order chi connectivity index (χ0) is 43.7. The average Bonchev–Trinajstić information content (AvgIpc) is 3.24. The molecular weight excluding hydrogens is 745 g/mol. The summed E-state index contributed by atoms with van der Waals surface area (Å²) >= 11 is 0. The first kappa shape index (κ1) is 57.9. The summed E-state index contributed by atoms with van der Waals surface area (Å²) in [7, 11) is 0. The summed E-state index contributed by atoms with van der Waals surface area (Å²) in [5, 5.41) is 0. The smallest absolute Gasteiger partial charge is 0.306 e. The van der Waals surface area contributed by atoms with Crippen molar-refractivity contribution in [1.82, 2.24) is 0 Å². The molecule has 0 aromatic carbocycles. The number of esters is 3. The molecule has 0 aliphatic heterocycles. The van der Waals surface area contributed by atoms with Crippen LogP contribution in [-0.4, -0.2) is 37.2 Å². The third-order valence-corrected chi connectivity index (χ3v) is 11.7. The third-order valence-electron chi connectivity index (χ3n) is 11.7. The average molecular weight is 845 g/mol. The van der Waals surface area contributed by atoms with Gasteiger partial charge in [-0.05, 0) is 64.2 Å². The summed E-state index contributed by atoms with van der Waals surface area (Å²) in [4.78, 5) is 37.9. The van der Waals surface area contributed by atoms with Gasteiger partial charge in [-0.25, -0.2) is 0 Å². The Morgan fingerprint density at radius 1 is 0.317 bits per heavy atom. The molecular formula is C54H100O6. The molecule has 0 N–H and O–H groups in total. The van der Waals surface area contributed by atoms with Crippen LogP contribution < -0.4 is 0 Å². The van der Waals surface area contributed by atoms with Crippen molar-refractivity contribution < 1.29 is 28.6 Å². The van der Waals surface area contributed by atoms with E-state index in [1.807, 2.05) is 0 Å². The van der Waals surface area contributed by atoms with Gasteiger partial charge < -0.3 is 14.2 Å². The van der Waals surface area contributed by atoms with Crippen LogP contribution in [0.3, 0.4) is 0 Å². The van der Waals surface area contributed by atoms with Crippen molar-refractivity contribution in [3.63, 3.8) is 0 Å². The lowest BCUT2D eigenvalue weighted by Gasteiger charge is -2.18. The highest BCUT2D eigenvalue weighted by molar-refractivity contribution is 5.71. The summed E-state index contributed by atoms with van der Waals surface area (Å²) in [6, 6.07) is 0. The van der Waals surface area contributed by atoms with E-state index in [-0.39, 0.29) is 31.1 Å². The topological polar surface area (TPSA) is 78.9 Å². The van der Waals surface area contributed by atoms with Crippen LogP contribution in [0.2, 0.25) is 0 Å². The van der Waals surface area contributed by atoms with Gasteiger partial charge in [-0.15, -0.1) is 0 Å². The molecule has 0 fully saturated rings. The quantitative estimate of drug-likeness (QED) is 0.0263. The summed E-state index contributed by atoms with van der Waals surface area (Å²) < 4.78 is 16.8. The molecule has 0 saturated carbocycles. The van der Waals surface area contributed by atoms with Crippen molar-refractivity contribution in [3.05, 3.63) is 24.3 Å². The highest BCUT2D eigenvalue weighted by Crippen LogP contribution is 2.16. The molecule has 0 aromatic heterocycles. The van der Waals surface area contributed by atoms with Crippen LogP contribution in [-0.2, 0) is 28.6 Å². The van der Waals surface area contributed by atoms with Gasteiger partial charge in [0, 0.05) is 19.3 Å². The van der Waals surface area contributed by atoms with Gasteiger partial charge in [0.05, 0.1) is 0 Å². The second-order valence-electron chi connectivity index (χ2n) is 17.8. The molecule has 352 valence electrons. The molecule has 0 amide bonds. The Bertz CT molecular complexity index is 973. The van der Waals surface area contributed by atoms with Crippen LogP contribution in [0.4, 0.5) is 0 Å². The molecule has 0 aliphatic rings. The summed E-state index contributed by atoms with van der Waals surface area (Å²) in [5.41, 5.74) is 0. The van der Waals surface area contributed by atoms with E-state index < -0.39 is 6.10 Å². The normalized spacial score (nSPS) is 12.1. The summed E-state index contributed by atoms with van der Waals surface area (Å²) in [5.74, 6) is -0.874. The second-order valence-corrected chi connectivity index (χ2v) is 17.8. The van der Waals surface area contributed by atoms with E-state index in [1.165, 1.54) is 180 Å². The molecule has 1 atom stereocenters. The van der Waals surface area contributed by atoms with Crippen molar-refractivity contribution >= 4 is 17.9 Å². The van der Waals surface area contributed by atoms with E-state index in [0.29, 0.717) is 19.3 Å². The lowest BCUT2D eigenvalue weighted by atomic mass is 10.0. The van der Waals surface area contributed by atoms with Crippen LogP contribution >= 0.6 is 0 Å². The Balaban J connectivity index is 4.31. The molecule has 6 nitrogen and oxygen atoms in total. The standard InChI is InChI=1S/C54H100O6/c1-4-7-10-13-16-19-22-24-25-26-27-28-30-32-35-38-41-44-47-53(56)59-50-51(49-58-52(55)46-43-40-37-34-31-21-18-15-12-9-6-3)60-54(57)48-45-42-39-36-33-29-23-20-17-14-11-8-5-2/h15,18,25-26,51H,4-14,16-17,19-24,27-50H2,1-3H3/b18-15-,26-25-. The zero-order valence-corrected chi connectivity index (χ0v) is 40.2. The van der Waals surface area contributed by atoms with E-state index in [4.69, 9.17) is 14.2 Å². The molecule has 60 heavy (non-hydrogen) atoms. The summed E-state index contributed by atoms with van der Waals surface area (Å²) in [6.45, 7) is 6.61. The van der Waals surface area contributed by atoms with Crippen LogP contribution in [0.25, 0.3) is 0 Å². The lowest BCUT2D eigenvalue weighted by Crippen LogP contribution is -2.30. The molecule has 0 radical (unpaired) electrons. The number of carbonyl (C=O) groups excluding carboxylic acids is 3. The molecule has 6 heteroatoms. The molecule has 0 aliphatic carbocycles. The Kier molecular flexibility index (Phi) is 47.8. The van der Waals surface area contributed by atoms with Gasteiger partial charge in [0.2, 0.25) is 0 Å². The highest BCUT2D eigenvalue weighted by Gasteiger charge is 2.19. The van der Waals surface area contributed by atoms with E-state index in [1.54, 1.807) is 0 Å². The van der Waals surface area contributed by atoms with E-state index in [0.717, 1.165) is 64.2 Å². The van der Waals surface area contributed by atoms with Gasteiger partial charge in [-0.2, -0.15) is 0 Å². The fourth-order valence-corrected chi connectivity index (χ4v) is 7.65. The van der Waals surface area contributed by atoms with Crippen LogP contribution in [0, 0.1) is 0 Å². The molecule has 0 spiro atoms. The third kappa shape index (κ3) is 46.9. The predicted octanol–water partition coefficient (Wildman–Crippen LogP) is 17.2. The Morgan fingerprint density at radius 2 is 0.567 bits per heavy atom. The van der Waals surface area contributed by atoms with Gasteiger partial charge >= 0.3 is 17.9 Å². The first-order valence-electron chi connectivity index (χ1n) is 26.3. The van der Waals surface area contributed by atoms with Gasteiger partial charge in [0.15, 0.2) is 6.10 Å². The largest absolute Gasteiger partial charge is 0.462 e. The lowest BCUT2D eigenvalue weighted by molar-refractivity contribution is -0.167. The number of hydrogen-bond donors (Lipinski definition) is 0. The number of allylic oxidation sites excluding steroid dienone is 4. The minimum absolute atomic E-state index is 0.0726. The minimum atomic E-state index is -0.770. The predicted molar refractivity (Wildman–Crippen MR) is 256 cm³/mol. The van der Waals surface area contributed by atoms with Crippen LogP contribution in [0.5, 0.6) is 0 Å². The first-order valence-corrected chi connectivity index (χ1v) is 26.3. The maximum atomic E-state index is 12.8. The fraction of sp³-hybridized carbons (Fsp3) is 0.870. The van der Waals surface area contributed by atoms with Crippen LogP contribution in [0.15, 0.2) is 24.3 Å². The Morgan fingerprint density at radius 3 is 0.883 bits per heavy atom. The van der Waals surface area contributed by atoms with Crippen LogP contribution in [0.1, 0.15) is 284 Å². The molecule has 0 bridgehead atoms. The number of ether oxygens (including phenoxy) is 3. The molecule has 0 saturated heterocycles. The zero-order valence-electron chi connectivity index (χ0n) is 40.2. The van der Waals surface area contributed by atoms with E-state index >= 15 is 0 Å². The van der Waals surface area contributed by atoms with Crippen molar-refractivity contribution in [1.29, 1.82) is 0 Å². The summed E-state index contributed by atoms with van der Waals surface area (Å²) in [6.07, 6.45) is 55.9. The highest BCUT2D eigenvalue weighted by atomic mass is 16.6. The van der Waals surface area contributed by atoms with Gasteiger partial charge in [0.25, 0.3) is 0 Å². The first-order chi connectivity index (χ1) is 29.5. The number of rotatable bonds is 48. The van der Waals surface area contributed by atoms with Crippen molar-refractivity contribution in [2.24, 2.45) is 0 Å². The Labute approximate surface area is 373 Å². The van der Waals surface area contributed by atoms with Crippen molar-refractivity contribution in [3.8, 4) is 0 Å². The SMILES string of the molecule is CCCC/C=C\CCCCCCCC(=O)OCC(COC(=O)CCCCCCCCC/C=C\CCCCCCCCC)OC(=O)CCCCCCCCCCCCCCC. The van der Waals surface area contributed by atoms with Crippen molar-refractivity contribution in [2.45, 2.75) is 290 Å². The van der Waals surface area contributed by atoms with Crippen molar-refractivity contribution in [2.75, 3.05) is 13.2 Å². The van der Waals surface area contributed by atoms with E-state index in [9.17, 15) is 14.4 Å². The second kappa shape index (κ2) is 49.5. The fourth-order valence-electron chi connectivity index (χ4n) is 7.65. The number of unbranched alkanes of at least 4 members (excludes halogenated alkanes) is 33. The van der Waals surface area contributed by atoms with Gasteiger partial charge in [-0.1, -0.05) is 225 Å². The molecule has 0 aromatic rings. The van der Waals surface area contributed by atoms with E-state index in [2.05, 4.69) is 45.1 Å². The number of carbonyl (C=O) groups is 3. The molecule has 0 rings (SSSR count). The Hall–Kier alpha value is -2.11. The van der Waals surface area contributed by atoms with Gasteiger partial charge in [-0.3, -0.25) is 14.4 Å². The van der Waals surface area contributed by atoms with Gasteiger partial charge in [0.1, 0.15) is 13.2 Å². The maximum absolute atomic E-state index is 12.8. The molecule has 0 heterocycles.